The molecule has 1 aliphatic rings. The van der Waals surface area contributed by atoms with Crippen molar-refractivity contribution in [2.45, 2.75) is 45.4 Å². The number of hydrogen-bond donors (Lipinski definition) is 1. The van der Waals surface area contributed by atoms with E-state index < -0.39 is 0 Å². The van der Waals surface area contributed by atoms with Gasteiger partial charge < -0.3 is 5.32 Å². The number of nitrogens with one attached hydrogen (secondary N) is 1. The van der Waals surface area contributed by atoms with Gasteiger partial charge in [-0.3, -0.25) is 14.5 Å². The smallest absolute Gasteiger partial charge is 0.255 e. The van der Waals surface area contributed by atoms with Crippen LogP contribution in [-0.2, 0) is 11.2 Å². The minimum absolute atomic E-state index is 0.0694. The molecule has 3 aromatic rings. The molecule has 1 unspecified atom stereocenters. The monoisotopic (exact) mass is 458 g/mol. The predicted octanol–water partition coefficient (Wildman–Crippen LogP) is 6.68. The Morgan fingerprint density at radius 2 is 1.73 bits per heavy atom. The van der Waals surface area contributed by atoms with Gasteiger partial charge in [0.25, 0.3) is 5.91 Å². The van der Waals surface area contributed by atoms with Gasteiger partial charge in [0.2, 0.25) is 5.91 Å². The highest BCUT2D eigenvalue weighted by Gasteiger charge is 2.34. The van der Waals surface area contributed by atoms with Crippen LogP contribution >= 0.6 is 11.8 Å². The number of unbranched alkanes of at least 4 members (excludes halogenated alkanes) is 1. The van der Waals surface area contributed by atoms with E-state index in [2.05, 4.69) is 38.2 Å². The molecule has 0 saturated carbocycles. The highest BCUT2D eigenvalue weighted by atomic mass is 32.2. The van der Waals surface area contributed by atoms with E-state index in [0.717, 1.165) is 36.2 Å². The number of benzene rings is 3. The molecule has 1 saturated heterocycles. The zero-order valence-electron chi connectivity index (χ0n) is 19.4. The first-order valence-electron chi connectivity index (χ1n) is 11.5. The second-order valence-corrected chi connectivity index (χ2v) is 9.64. The Balaban J connectivity index is 1.45. The average Bonchev–Trinajstić information content (AvgIpc) is 3.21. The molecule has 1 N–H and O–H groups in total. The first-order chi connectivity index (χ1) is 16.0. The molecule has 4 rings (SSSR count). The second-order valence-electron chi connectivity index (χ2n) is 8.57. The molecule has 3 aromatic carbocycles. The van der Waals surface area contributed by atoms with Crippen LogP contribution in [-0.4, -0.2) is 17.6 Å². The molecule has 1 heterocycles. The van der Waals surface area contributed by atoms with Gasteiger partial charge in [-0.25, -0.2) is 0 Å². The standard InChI is InChI=1S/C28H30N2O2S/c1-4-5-6-21-8-10-22(11-9-21)27(32)29-24-14-12-23(13-15-24)28-30(26(31)18-33-28)25-16-7-19(2)20(3)17-25/h7-17,28H,4-6,18H2,1-3H3,(H,29,32). The first kappa shape index (κ1) is 23.1. The maximum Gasteiger partial charge on any atom is 0.255 e. The highest BCUT2D eigenvalue weighted by molar-refractivity contribution is 8.00. The predicted molar refractivity (Wildman–Crippen MR) is 138 cm³/mol. The molecule has 33 heavy (non-hydrogen) atoms. The van der Waals surface area contributed by atoms with Crippen LogP contribution in [0.15, 0.2) is 66.7 Å². The van der Waals surface area contributed by atoms with Gasteiger partial charge in [0.05, 0.1) is 5.75 Å². The Morgan fingerprint density at radius 3 is 2.39 bits per heavy atom. The van der Waals surface area contributed by atoms with Gasteiger partial charge in [-0.05, 0) is 85.3 Å². The zero-order valence-corrected chi connectivity index (χ0v) is 20.2. The van der Waals surface area contributed by atoms with Crippen LogP contribution in [0.25, 0.3) is 0 Å². The van der Waals surface area contributed by atoms with Crippen molar-refractivity contribution in [3.63, 3.8) is 0 Å². The van der Waals surface area contributed by atoms with E-state index in [1.807, 2.05) is 59.5 Å². The Hall–Kier alpha value is -3.05. The van der Waals surface area contributed by atoms with Crippen molar-refractivity contribution in [2.75, 3.05) is 16.0 Å². The summed E-state index contributed by atoms with van der Waals surface area (Å²) in [6, 6.07) is 21.8. The van der Waals surface area contributed by atoms with Crippen molar-refractivity contribution in [2.24, 2.45) is 0 Å². The van der Waals surface area contributed by atoms with E-state index in [0.29, 0.717) is 11.3 Å². The summed E-state index contributed by atoms with van der Waals surface area (Å²) < 4.78 is 0. The van der Waals surface area contributed by atoms with Crippen LogP contribution in [0.3, 0.4) is 0 Å². The average molecular weight is 459 g/mol. The van der Waals surface area contributed by atoms with Crippen molar-refractivity contribution in [3.8, 4) is 0 Å². The van der Waals surface area contributed by atoms with Gasteiger partial charge in [-0.1, -0.05) is 43.7 Å². The molecule has 5 heteroatoms. The Labute approximate surface area is 200 Å². The molecule has 1 aliphatic heterocycles. The lowest BCUT2D eigenvalue weighted by atomic mass is 10.1. The number of thioether (sulfide) groups is 1. The molecule has 0 aromatic heterocycles. The molecule has 170 valence electrons. The summed E-state index contributed by atoms with van der Waals surface area (Å²) in [4.78, 5) is 27.2. The van der Waals surface area contributed by atoms with E-state index in [1.54, 1.807) is 11.8 Å². The molecule has 0 spiro atoms. The van der Waals surface area contributed by atoms with Crippen LogP contribution < -0.4 is 10.2 Å². The zero-order chi connectivity index (χ0) is 23.4. The summed E-state index contributed by atoms with van der Waals surface area (Å²) in [5.74, 6) is 0.463. The number of carbonyl (C=O) groups excluding carboxylic acids is 2. The lowest BCUT2D eigenvalue weighted by Gasteiger charge is -2.25. The number of amides is 2. The van der Waals surface area contributed by atoms with E-state index in [1.165, 1.54) is 16.7 Å². The third-order valence-corrected chi connectivity index (χ3v) is 7.34. The molecule has 0 bridgehead atoms. The Bertz CT molecular complexity index is 1140. The third kappa shape index (κ3) is 5.31. The maximum absolute atomic E-state index is 12.7. The fourth-order valence-electron chi connectivity index (χ4n) is 3.96. The number of rotatable bonds is 7. The van der Waals surface area contributed by atoms with Crippen molar-refractivity contribution >= 4 is 35.0 Å². The quantitative estimate of drug-likeness (QED) is 0.430. The minimum atomic E-state index is -0.119. The summed E-state index contributed by atoms with van der Waals surface area (Å²) >= 11 is 1.63. The third-order valence-electron chi connectivity index (χ3n) is 6.13. The van der Waals surface area contributed by atoms with E-state index in [4.69, 9.17) is 0 Å². The molecule has 1 fully saturated rings. The SMILES string of the molecule is CCCCc1ccc(C(=O)Nc2ccc(C3SCC(=O)N3c3ccc(C)c(C)c3)cc2)cc1. The molecule has 0 radical (unpaired) electrons. The van der Waals surface area contributed by atoms with E-state index in [9.17, 15) is 9.59 Å². The molecular formula is C28H30N2O2S. The molecule has 2 amide bonds. The summed E-state index contributed by atoms with van der Waals surface area (Å²) in [5.41, 5.74) is 7.01. The highest BCUT2D eigenvalue weighted by Crippen LogP contribution is 2.42. The van der Waals surface area contributed by atoms with Crippen molar-refractivity contribution < 1.29 is 9.59 Å². The van der Waals surface area contributed by atoms with Gasteiger partial charge in [-0.2, -0.15) is 0 Å². The van der Waals surface area contributed by atoms with Gasteiger partial charge in [0, 0.05) is 16.9 Å². The Kier molecular flexibility index (Phi) is 7.19. The number of aryl methyl sites for hydroxylation is 3. The topological polar surface area (TPSA) is 49.4 Å². The number of nitrogens with zero attached hydrogens (tertiary/aromatic N) is 1. The van der Waals surface area contributed by atoms with Crippen molar-refractivity contribution in [1.29, 1.82) is 0 Å². The van der Waals surface area contributed by atoms with Crippen LogP contribution in [0.5, 0.6) is 0 Å². The normalized spacial score (nSPS) is 15.7. The number of carbonyl (C=O) groups is 2. The van der Waals surface area contributed by atoms with Crippen LogP contribution in [0.1, 0.15) is 57.8 Å². The molecular weight excluding hydrogens is 428 g/mol. The van der Waals surface area contributed by atoms with Crippen LogP contribution in [0, 0.1) is 13.8 Å². The maximum atomic E-state index is 12.7. The van der Waals surface area contributed by atoms with Crippen LogP contribution in [0.4, 0.5) is 11.4 Å². The van der Waals surface area contributed by atoms with Crippen molar-refractivity contribution in [1.82, 2.24) is 0 Å². The fourth-order valence-corrected chi connectivity index (χ4v) is 5.14. The minimum Gasteiger partial charge on any atom is -0.322 e. The van der Waals surface area contributed by atoms with Gasteiger partial charge in [-0.15, -0.1) is 11.8 Å². The van der Waals surface area contributed by atoms with Crippen molar-refractivity contribution in [3.05, 3.63) is 94.5 Å². The van der Waals surface area contributed by atoms with E-state index in [-0.39, 0.29) is 17.2 Å². The lowest BCUT2D eigenvalue weighted by Crippen LogP contribution is -2.27. The van der Waals surface area contributed by atoms with Crippen LogP contribution in [0.2, 0.25) is 0 Å². The number of hydrogen-bond acceptors (Lipinski definition) is 3. The molecule has 0 aliphatic carbocycles. The number of anilines is 2. The largest absolute Gasteiger partial charge is 0.322 e. The molecule has 1 atom stereocenters. The summed E-state index contributed by atoms with van der Waals surface area (Å²) in [5, 5.41) is 2.91. The van der Waals surface area contributed by atoms with Gasteiger partial charge in [0.1, 0.15) is 5.37 Å². The van der Waals surface area contributed by atoms with Gasteiger partial charge in [0.15, 0.2) is 0 Å². The summed E-state index contributed by atoms with van der Waals surface area (Å²) in [7, 11) is 0. The van der Waals surface area contributed by atoms with Gasteiger partial charge >= 0.3 is 0 Å². The molecule has 4 nitrogen and oxygen atoms in total. The summed E-state index contributed by atoms with van der Waals surface area (Å²) in [6.07, 6.45) is 3.36. The fraction of sp³-hybridized carbons (Fsp3) is 0.286. The lowest BCUT2D eigenvalue weighted by molar-refractivity contribution is -0.115. The second kappa shape index (κ2) is 10.3. The first-order valence-corrected chi connectivity index (χ1v) is 12.5. The summed E-state index contributed by atoms with van der Waals surface area (Å²) in [6.45, 7) is 6.32. The Morgan fingerprint density at radius 1 is 1.00 bits per heavy atom. The van der Waals surface area contributed by atoms with E-state index >= 15 is 0 Å².